The number of nitrogens with zero attached hydrogens (tertiary/aromatic N) is 4. The molecule has 6 rings (SSSR count). The molecule has 4 N–H and O–H groups in total. The molecule has 0 spiro atoms. The third kappa shape index (κ3) is 5.34. The van der Waals surface area contributed by atoms with Crippen LogP contribution >= 0.6 is 0 Å². The van der Waals surface area contributed by atoms with E-state index in [0.717, 1.165) is 51.5 Å². The van der Waals surface area contributed by atoms with E-state index in [2.05, 4.69) is 103 Å². The molecular formula is C40H68N6O4. The van der Waals surface area contributed by atoms with E-state index in [4.69, 9.17) is 15.2 Å². The summed E-state index contributed by atoms with van der Waals surface area (Å²) in [5.74, 6) is 0.766. The van der Waals surface area contributed by atoms with Crippen LogP contribution in [0.5, 0.6) is 0 Å². The van der Waals surface area contributed by atoms with E-state index in [9.17, 15) is 9.90 Å². The number of aliphatic carboxylic acids is 1. The van der Waals surface area contributed by atoms with E-state index in [-0.39, 0.29) is 45.8 Å². The van der Waals surface area contributed by atoms with Gasteiger partial charge in [0.1, 0.15) is 6.04 Å². The highest BCUT2D eigenvalue weighted by Gasteiger charge is 2.73. The van der Waals surface area contributed by atoms with Gasteiger partial charge in [0.2, 0.25) is 0 Å². The van der Waals surface area contributed by atoms with Gasteiger partial charge >= 0.3 is 5.97 Å². The molecule has 50 heavy (non-hydrogen) atoms. The van der Waals surface area contributed by atoms with Crippen LogP contribution in [0.15, 0.2) is 11.6 Å². The van der Waals surface area contributed by atoms with Crippen LogP contribution in [-0.4, -0.2) is 69.3 Å². The summed E-state index contributed by atoms with van der Waals surface area (Å²) in [6.07, 6.45) is 8.92. The summed E-state index contributed by atoms with van der Waals surface area (Å²) in [6.45, 7) is 28.0. The maximum absolute atomic E-state index is 13.6. The van der Waals surface area contributed by atoms with Gasteiger partial charge in [0.05, 0.1) is 31.8 Å². The lowest BCUT2D eigenvalue weighted by atomic mass is 9.34. The molecule has 1 aliphatic heterocycles. The molecule has 0 amide bonds. The lowest BCUT2D eigenvalue weighted by molar-refractivity contribution is -0.256. The van der Waals surface area contributed by atoms with Crippen molar-refractivity contribution in [1.82, 2.24) is 25.5 Å². The largest absolute Gasteiger partial charge is 0.481 e. The highest BCUT2D eigenvalue weighted by atomic mass is 16.5. The molecular weight excluding hydrogens is 628 g/mol. The number of nitrogens with one attached hydrogen (secondary N) is 1. The van der Waals surface area contributed by atoms with Crippen molar-refractivity contribution >= 4 is 11.9 Å². The third-order valence-corrected chi connectivity index (χ3v) is 16.4. The molecule has 4 aliphatic carbocycles. The van der Waals surface area contributed by atoms with Crippen molar-refractivity contribution in [2.24, 2.45) is 62.6 Å². The molecule has 1 saturated heterocycles. The molecule has 12 atom stereocenters. The zero-order chi connectivity index (χ0) is 36.7. The Morgan fingerprint density at radius 2 is 1.86 bits per heavy atom. The van der Waals surface area contributed by atoms with Gasteiger partial charge in [-0.3, -0.25) is 4.79 Å². The Balaban J connectivity index is 1.50. The van der Waals surface area contributed by atoms with Crippen molar-refractivity contribution in [3.63, 3.8) is 0 Å². The summed E-state index contributed by atoms with van der Waals surface area (Å²) in [6, 6.07) is -0.165. The zero-order valence-corrected chi connectivity index (χ0v) is 33.0. The molecule has 4 fully saturated rings. The topological polar surface area (TPSA) is 137 Å². The minimum atomic E-state index is -0.632. The van der Waals surface area contributed by atoms with E-state index in [0.29, 0.717) is 43.5 Å². The van der Waals surface area contributed by atoms with Gasteiger partial charge in [0.15, 0.2) is 0 Å². The van der Waals surface area contributed by atoms with Crippen LogP contribution in [0.4, 0.5) is 5.95 Å². The number of hydrogen-bond acceptors (Lipinski definition) is 8. The first kappa shape index (κ1) is 37.7. The standard InChI is InChI=1S/C40H68N6O4/c1-12-19-42-39(11,25(4)5)22-50-32-29(46-44-34(41)43-45-46)20-35(7)21-49-23-40(32)28-15-16-38(10)31(33(47)48)36(8,26(6)24(2)3)17-18-37(38,9)27(28)13-14-30(35)40/h15,24-27,29-32,42H,12-14,16-23H2,1-11H3,(H2,41,44)(H,47,48)/t26-,27+,29-,30-,31-,32+,35-,36-,37-,38+,39+,40+/m1/s1. The summed E-state index contributed by atoms with van der Waals surface area (Å²) in [5, 5.41) is 28.2. The van der Waals surface area contributed by atoms with Crippen LogP contribution in [0.3, 0.4) is 0 Å². The van der Waals surface area contributed by atoms with E-state index < -0.39 is 22.7 Å². The number of nitrogens with two attached hydrogens (primary N) is 1. The molecule has 2 heterocycles. The number of carboxylic acid groups (broad SMARTS) is 1. The number of nitrogen functional groups attached to an aromatic ring is 1. The molecule has 10 nitrogen and oxygen atoms in total. The maximum Gasteiger partial charge on any atom is 0.307 e. The van der Waals surface area contributed by atoms with Crippen LogP contribution in [0.25, 0.3) is 0 Å². The highest BCUT2D eigenvalue weighted by Crippen LogP contribution is 2.75. The fourth-order valence-corrected chi connectivity index (χ4v) is 12.6. The van der Waals surface area contributed by atoms with Crippen molar-refractivity contribution in [3.05, 3.63) is 11.6 Å². The van der Waals surface area contributed by atoms with Crippen LogP contribution in [0.2, 0.25) is 0 Å². The van der Waals surface area contributed by atoms with Crippen molar-refractivity contribution in [3.8, 4) is 0 Å². The quantitative estimate of drug-likeness (QED) is 0.205. The number of allylic oxidation sites excluding steroid dienone is 1. The van der Waals surface area contributed by atoms with Gasteiger partial charge in [-0.15, -0.1) is 5.10 Å². The van der Waals surface area contributed by atoms with Crippen molar-refractivity contribution in [2.75, 3.05) is 32.1 Å². The number of anilines is 1. The second-order valence-corrected chi connectivity index (χ2v) is 19.3. The highest BCUT2D eigenvalue weighted by molar-refractivity contribution is 5.73. The molecule has 0 aromatic carbocycles. The van der Waals surface area contributed by atoms with Gasteiger partial charge in [-0.25, -0.2) is 0 Å². The number of hydrogen-bond donors (Lipinski definition) is 3. The monoisotopic (exact) mass is 697 g/mol. The second-order valence-electron chi connectivity index (χ2n) is 19.3. The fraction of sp³-hybridized carbons (Fsp3) is 0.900. The van der Waals surface area contributed by atoms with Gasteiger partial charge in [0.25, 0.3) is 5.95 Å². The first-order valence-electron chi connectivity index (χ1n) is 19.8. The number of rotatable bonds is 11. The number of carbonyl (C=O) groups is 1. The second kappa shape index (κ2) is 12.8. The van der Waals surface area contributed by atoms with Crippen molar-refractivity contribution in [1.29, 1.82) is 0 Å². The normalized spacial score (nSPS) is 43.0. The minimum absolute atomic E-state index is 0.109. The lowest BCUT2D eigenvalue weighted by Crippen LogP contribution is -2.70. The fourth-order valence-electron chi connectivity index (χ4n) is 12.6. The number of fused-ring (bicyclic) bond motifs is 3. The predicted octanol–water partition coefficient (Wildman–Crippen LogP) is 7.18. The first-order chi connectivity index (χ1) is 23.3. The molecule has 1 aromatic rings. The number of tetrazole rings is 1. The summed E-state index contributed by atoms with van der Waals surface area (Å²) >= 11 is 0. The predicted molar refractivity (Wildman–Crippen MR) is 196 cm³/mol. The Morgan fingerprint density at radius 1 is 1.14 bits per heavy atom. The molecule has 2 bridgehead atoms. The van der Waals surface area contributed by atoms with Crippen LogP contribution < -0.4 is 11.1 Å². The van der Waals surface area contributed by atoms with Crippen LogP contribution in [0.1, 0.15) is 127 Å². The number of ether oxygens (including phenoxy) is 2. The van der Waals surface area contributed by atoms with E-state index in [1.54, 1.807) is 4.80 Å². The van der Waals surface area contributed by atoms with Gasteiger partial charge in [-0.1, -0.05) is 86.0 Å². The Morgan fingerprint density at radius 3 is 2.46 bits per heavy atom. The minimum Gasteiger partial charge on any atom is -0.481 e. The van der Waals surface area contributed by atoms with Crippen molar-refractivity contribution < 1.29 is 19.4 Å². The van der Waals surface area contributed by atoms with Gasteiger partial charge in [-0.2, -0.15) is 4.80 Å². The SMILES string of the molecule is CCCN[C@@](C)(CO[C@H]1[C@H](n2nnc(N)n2)C[C@]2(C)COC[C@@]13C1=CC[C@@]4(C)[C@H](C(=O)O)[C@@](C)([C@H](C)C(C)C)CC[C@]4(C)[C@H]1CC[C@H]23)C(C)C. The molecule has 0 unspecified atom stereocenters. The molecule has 5 aliphatic rings. The maximum atomic E-state index is 13.6. The Bertz CT molecular complexity index is 1460. The Hall–Kier alpha value is -2.04. The third-order valence-electron chi connectivity index (χ3n) is 16.4. The van der Waals surface area contributed by atoms with Gasteiger partial charge in [0, 0.05) is 11.0 Å². The van der Waals surface area contributed by atoms with E-state index in [1.165, 1.54) is 5.57 Å². The summed E-state index contributed by atoms with van der Waals surface area (Å²) in [4.78, 5) is 15.3. The lowest BCUT2D eigenvalue weighted by Gasteiger charge is -2.71. The van der Waals surface area contributed by atoms with Crippen molar-refractivity contribution in [2.45, 2.75) is 139 Å². The number of carboxylic acids is 1. The summed E-state index contributed by atoms with van der Waals surface area (Å²) in [7, 11) is 0. The Labute approximate surface area is 301 Å². The van der Waals surface area contributed by atoms with E-state index >= 15 is 0 Å². The molecule has 3 saturated carbocycles. The van der Waals surface area contributed by atoms with Crippen LogP contribution in [-0.2, 0) is 14.3 Å². The smallest absolute Gasteiger partial charge is 0.307 e. The van der Waals surface area contributed by atoms with Gasteiger partial charge in [-0.05, 0) is 115 Å². The summed E-state index contributed by atoms with van der Waals surface area (Å²) in [5.41, 5.74) is 5.96. The average Bonchev–Trinajstić information content (AvgIpc) is 3.48. The average molecular weight is 697 g/mol. The molecule has 1 aromatic heterocycles. The van der Waals surface area contributed by atoms with Crippen LogP contribution in [0, 0.1) is 62.6 Å². The first-order valence-corrected chi connectivity index (χ1v) is 19.8. The zero-order valence-electron chi connectivity index (χ0n) is 33.0. The number of aromatic nitrogens is 4. The molecule has 282 valence electrons. The molecule has 10 heteroatoms. The molecule has 0 radical (unpaired) electrons. The Kier molecular flexibility index (Phi) is 9.67. The summed E-state index contributed by atoms with van der Waals surface area (Å²) < 4.78 is 14.2. The van der Waals surface area contributed by atoms with Gasteiger partial charge < -0.3 is 25.6 Å². The van der Waals surface area contributed by atoms with E-state index in [1.807, 2.05) is 0 Å².